The third-order valence-electron chi connectivity index (χ3n) is 5.14. The van der Waals surface area contributed by atoms with Crippen molar-refractivity contribution in [1.82, 2.24) is 14.7 Å². The van der Waals surface area contributed by atoms with E-state index in [0.717, 1.165) is 36.4 Å². The zero-order valence-corrected chi connectivity index (χ0v) is 15.2. The van der Waals surface area contributed by atoms with Crippen LogP contribution in [0.15, 0.2) is 47.4 Å². The molecule has 134 valence electrons. The molecule has 26 heavy (non-hydrogen) atoms. The van der Waals surface area contributed by atoms with E-state index in [0.29, 0.717) is 17.3 Å². The van der Waals surface area contributed by atoms with Crippen LogP contribution in [0.3, 0.4) is 0 Å². The zero-order valence-electron chi connectivity index (χ0n) is 15.2. The van der Waals surface area contributed by atoms with Gasteiger partial charge < -0.3 is 10.1 Å². The number of methoxy groups -OCH3 is 1. The van der Waals surface area contributed by atoms with Gasteiger partial charge in [0.1, 0.15) is 11.4 Å². The molecule has 0 aliphatic carbocycles. The topological polar surface area (TPSA) is 55.6 Å². The number of benzene rings is 1. The molecule has 1 atom stereocenters. The van der Waals surface area contributed by atoms with Crippen LogP contribution in [-0.2, 0) is 0 Å². The van der Waals surface area contributed by atoms with Crippen molar-refractivity contribution in [2.24, 2.45) is 0 Å². The number of pyridine rings is 1. The molecule has 5 nitrogen and oxygen atoms in total. The molecule has 1 N–H and O–H groups in total. The van der Waals surface area contributed by atoms with Crippen molar-refractivity contribution in [3.8, 4) is 17.0 Å². The van der Waals surface area contributed by atoms with Crippen molar-refractivity contribution in [1.29, 1.82) is 0 Å². The van der Waals surface area contributed by atoms with Crippen molar-refractivity contribution >= 4 is 5.65 Å². The maximum absolute atomic E-state index is 12.7. The molecule has 1 fully saturated rings. The molecule has 1 aliphatic rings. The Balaban J connectivity index is 1.75. The molecular weight excluding hydrogens is 326 g/mol. The molecule has 0 amide bonds. The van der Waals surface area contributed by atoms with E-state index in [9.17, 15) is 4.79 Å². The predicted octanol–water partition coefficient (Wildman–Crippen LogP) is 3.15. The first-order chi connectivity index (χ1) is 12.7. The molecule has 1 unspecified atom stereocenters. The van der Waals surface area contributed by atoms with Gasteiger partial charge in [-0.25, -0.2) is 4.98 Å². The number of hydrogen-bond donors (Lipinski definition) is 1. The number of rotatable bonds is 3. The summed E-state index contributed by atoms with van der Waals surface area (Å²) in [6.45, 7) is 4.04. The van der Waals surface area contributed by atoms with Gasteiger partial charge in [-0.2, -0.15) is 0 Å². The zero-order chi connectivity index (χ0) is 18.1. The van der Waals surface area contributed by atoms with Crippen LogP contribution in [0, 0.1) is 6.92 Å². The Labute approximate surface area is 152 Å². The fourth-order valence-corrected chi connectivity index (χ4v) is 3.68. The lowest BCUT2D eigenvalue weighted by Crippen LogP contribution is -2.28. The van der Waals surface area contributed by atoms with E-state index in [1.807, 2.05) is 37.4 Å². The average Bonchev–Trinajstić information content (AvgIpc) is 2.68. The minimum absolute atomic E-state index is 0.0518. The summed E-state index contributed by atoms with van der Waals surface area (Å²) >= 11 is 0. The van der Waals surface area contributed by atoms with Gasteiger partial charge in [0.15, 0.2) is 0 Å². The molecule has 1 aromatic carbocycles. The van der Waals surface area contributed by atoms with E-state index < -0.39 is 0 Å². The average molecular weight is 349 g/mol. The lowest BCUT2D eigenvalue weighted by atomic mass is 9.93. The summed E-state index contributed by atoms with van der Waals surface area (Å²) in [7, 11) is 1.65. The molecule has 3 aromatic rings. The number of ether oxygens (including phenoxy) is 1. The highest BCUT2D eigenvalue weighted by molar-refractivity contribution is 5.64. The third-order valence-corrected chi connectivity index (χ3v) is 5.14. The molecule has 0 spiro atoms. The number of piperidine rings is 1. The smallest absolute Gasteiger partial charge is 0.258 e. The van der Waals surface area contributed by atoms with Crippen LogP contribution in [0.5, 0.6) is 5.75 Å². The van der Waals surface area contributed by atoms with Gasteiger partial charge in [0, 0.05) is 24.4 Å². The summed E-state index contributed by atoms with van der Waals surface area (Å²) < 4.78 is 6.97. The van der Waals surface area contributed by atoms with Crippen LogP contribution >= 0.6 is 0 Å². The molecular formula is C21H23N3O2. The van der Waals surface area contributed by atoms with Crippen LogP contribution in [-0.4, -0.2) is 29.6 Å². The number of aryl methyl sites for hydroxylation is 1. The fraction of sp³-hybridized carbons (Fsp3) is 0.333. The second-order valence-electron chi connectivity index (χ2n) is 6.90. The van der Waals surface area contributed by atoms with Crippen molar-refractivity contribution in [3.05, 3.63) is 64.1 Å². The van der Waals surface area contributed by atoms with Gasteiger partial charge in [-0.15, -0.1) is 0 Å². The molecule has 1 saturated heterocycles. The number of hydrogen-bond acceptors (Lipinski definition) is 4. The van der Waals surface area contributed by atoms with Crippen molar-refractivity contribution in [3.63, 3.8) is 0 Å². The Hall–Kier alpha value is -2.66. The summed E-state index contributed by atoms with van der Waals surface area (Å²) in [5.41, 5.74) is 4.45. The number of nitrogens with zero attached hydrogens (tertiary/aromatic N) is 2. The molecule has 3 heterocycles. The summed E-state index contributed by atoms with van der Waals surface area (Å²) in [4.78, 5) is 17.4. The number of fused-ring (bicyclic) bond motifs is 1. The van der Waals surface area contributed by atoms with Crippen molar-refractivity contribution in [2.45, 2.75) is 25.7 Å². The fourth-order valence-electron chi connectivity index (χ4n) is 3.68. The van der Waals surface area contributed by atoms with E-state index >= 15 is 0 Å². The van der Waals surface area contributed by atoms with E-state index in [-0.39, 0.29) is 5.56 Å². The minimum atomic E-state index is -0.0518. The van der Waals surface area contributed by atoms with E-state index in [1.165, 1.54) is 12.0 Å². The summed E-state index contributed by atoms with van der Waals surface area (Å²) in [5, 5.41) is 3.43. The van der Waals surface area contributed by atoms with Crippen LogP contribution in [0.4, 0.5) is 0 Å². The summed E-state index contributed by atoms with van der Waals surface area (Å²) in [6, 6.07) is 11.5. The summed E-state index contributed by atoms with van der Waals surface area (Å²) in [6.07, 6.45) is 4.28. The third kappa shape index (κ3) is 3.10. The van der Waals surface area contributed by atoms with Crippen LogP contribution in [0.25, 0.3) is 16.9 Å². The van der Waals surface area contributed by atoms with E-state index in [4.69, 9.17) is 9.72 Å². The number of aromatic nitrogens is 2. The normalized spacial score (nSPS) is 17.4. The predicted molar refractivity (Wildman–Crippen MR) is 103 cm³/mol. The first-order valence-electron chi connectivity index (χ1n) is 9.05. The van der Waals surface area contributed by atoms with E-state index in [1.54, 1.807) is 17.6 Å². The van der Waals surface area contributed by atoms with Gasteiger partial charge in [-0.3, -0.25) is 9.20 Å². The highest BCUT2D eigenvalue weighted by atomic mass is 16.5. The highest BCUT2D eigenvalue weighted by Crippen LogP contribution is 2.26. The van der Waals surface area contributed by atoms with Gasteiger partial charge >= 0.3 is 0 Å². The van der Waals surface area contributed by atoms with Crippen LogP contribution in [0.1, 0.15) is 29.9 Å². The van der Waals surface area contributed by atoms with Crippen LogP contribution < -0.4 is 15.6 Å². The lowest BCUT2D eigenvalue weighted by Gasteiger charge is -2.23. The standard InChI is InChI=1S/C21H23N3O2/c1-14-10-15(5-7-19(14)26-2)18-11-21(25)24-13-17(6-8-20(24)23-18)16-4-3-9-22-12-16/h5-8,10-11,13,16,22H,3-4,9,12H2,1-2H3. The molecule has 0 radical (unpaired) electrons. The van der Waals surface area contributed by atoms with Gasteiger partial charge in [0.25, 0.3) is 5.56 Å². The highest BCUT2D eigenvalue weighted by Gasteiger charge is 2.16. The number of nitrogens with one attached hydrogen (secondary N) is 1. The minimum Gasteiger partial charge on any atom is -0.496 e. The van der Waals surface area contributed by atoms with E-state index in [2.05, 4.69) is 11.4 Å². The monoisotopic (exact) mass is 349 g/mol. The Morgan fingerprint density at radius 1 is 1.23 bits per heavy atom. The first-order valence-corrected chi connectivity index (χ1v) is 9.05. The van der Waals surface area contributed by atoms with Crippen LogP contribution in [0.2, 0.25) is 0 Å². The van der Waals surface area contributed by atoms with Gasteiger partial charge in [-0.05, 0) is 67.6 Å². The molecule has 2 aromatic heterocycles. The van der Waals surface area contributed by atoms with Gasteiger partial charge in [0.05, 0.1) is 12.8 Å². The Kier molecular flexibility index (Phi) is 4.47. The van der Waals surface area contributed by atoms with Crippen molar-refractivity contribution < 1.29 is 4.74 Å². The summed E-state index contributed by atoms with van der Waals surface area (Å²) in [5.74, 6) is 1.29. The van der Waals surface area contributed by atoms with Gasteiger partial charge in [0.2, 0.25) is 0 Å². The second-order valence-corrected chi connectivity index (χ2v) is 6.90. The lowest BCUT2D eigenvalue weighted by molar-refractivity contribution is 0.412. The largest absolute Gasteiger partial charge is 0.496 e. The second kappa shape index (κ2) is 6.92. The molecule has 1 aliphatic heterocycles. The quantitative estimate of drug-likeness (QED) is 0.789. The first kappa shape index (κ1) is 16.8. The Bertz CT molecular complexity index is 1000. The Morgan fingerprint density at radius 2 is 2.12 bits per heavy atom. The molecule has 4 rings (SSSR count). The van der Waals surface area contributed by atoms with Crippen molar-refractivity contribution in [2.75, 3.05) is 20.2 Å². The molecule has 5 heteroatoms. The maximum atomic E-state index is 12.7. The SMILES string of the molecule is COc1ccc(-c2cc(=O)n3cc(C4CCCNC4)ccc3n2)cc1C. The maximum Gasteiger partial charge on any atom is 0.258 e. The van der Waals surface area contributed by atoms with Gasteiger partial charge in [-0.1, -0.05) is 6.07 Å². The Morgan fingerprint density at radius 3 is 2.85 bits per heavy atom. The molecule has 0 saturated carbocycles. The molecule has 0 bridgehead atoms.